The molecule has 0 unspecified atom stereocenters. The Labute approximate surface area is 99.4 Å². The van der Waals surface area contributed by atoms with Crippen LogP contribution in [0.5, 0.6) is 0 Å². The lowest BCUT2D eigenvalue weighted by molar-refractivity contribution is -0.141. The van der Waals surface area contributed by atoms with Gasteiger partial charge >= 0.3 is 5.97 Å². The summed E-state index contributed by atoms with van der Waals surface area (Å²) >= 11 is 4.13. The molecule has 0 saturated carbocycles. The van der Waals surface area contributed by atoms with Crippen molar-refractivity contribution in [2.75, 3.05) is 12.4 Å². The van der Waals surface area contributed by atoms with Gasteiger partial charge in [0.15, 0.2) is 0 Å². The van der Waals surface area contributed by atoms with Crippen LogP contribution in [-0.2, 0) is 14.3 Å². The second-order valence-electron chi connectivity index (χ2n) is 3.17. The number of carbonyl (C=O) groups is 2. The quantitative estimate of drug-likeness (QED) is 0.623. The van der Waals surface area contributed by atoms with Crippen molar-refractivity contribution in [3.8, 4) is 0 Å². The standard InChI is InChI=1S/C11H13NO3S/c1-15-11(14)7-6-10(13)12-8-2-4-9(16)5-3-8/h2-5,16H,6-7H2,1H3,(H,12,13). The Hall–Kier alpha value is -1.49. The fourth-order valence-electron chi connectivity index (χ4n) is 1.09. The minimum Gasteiger partial charge on any atom is -0.469 e. The molecule has 0 aliphatic rings. The van der Waals surface area contributed by atoms with Crippen LogP contribution in [0.2, 0.25) is 0 Å². The Morgan fingerprint density at radius 2 is 1.88 bits per heavy atom. The molecule has 0 aromatic heterocycles. The molecule has 0 heterocycles. The van der Waals surface area contributed by atoms with E-state index in [4.69, 9.17) is 0 Å². The van der Waals surface area contributed by atoms with Crippen LogP contribution in [0.25, 0.3) is 0 Å². The molecule has 0 radical (unpaired) electrons. The van der Waals surface area contributed by atoms with Gasteiger partial charge in [0.1, 0.15) is 0 Å². The first-order valence-corrected chi connectivity index (χ1v) is 5.22. The summed E-state index contributed by atoms with van der Waals surface area (Å²) in [6, 6.07) is 7.05. The van der Waals surface area contributed by atoms with Crippen molar-refractivity contribution in [3.05, 3.63) is 24.3 Å². The molecule has 86 valence electrons. The second-order valence-corrected chi connectivity index (χ2v) is 3.69. The lowest BCUT2D eigenvalue weighted by atomic mass is 10.2. The monoisotopic (exact) mass is 239 g/mol. The van der Waals surface area contributed by atoms with E-state index in [-0.39, 0.29) is 24.7 Å². The van der Waals surface area contributed by atoms with Crippen molar-refractivity contribution in [1.29, 1.82) is 0 Å². The molecule has 0 bridgehead atoms. The summed E-state index contributed by atoms with van der Waals surface area (Å²) in [6.07, 6.45) is 0.211. The highest BCUT2D eigenvalue weighted by atomic mass is 32.1. The van der Waals surface area contributed by atoms with Crippen LogP contribution in [-0.4, -0.2) is 19.0 Å². The summed E-state index contributed by atoms with van der Waals surface area (Å²) in [5, 5.41) is 2.67. The number of methoxy groups -OCH3 is 1. The Kier molecular flexibility index (Phi) is 4.85. The van der Waals surface area contributed by atoms with Crippen LogP contribution in [0.15, 0.2) is 29.2 Å². The van der Waals surface area contributed by atoms with Crippen LogP contribution in [0.3, 0.4) is 0 Å². The Balaban J connectivity index is 2.40. The summed E-state index contributed by atoms with van der Waals surface area (Å²) in [6.45, 7) is 0. The van der Waals surface area contributed by atoms with Crippen LogP contribution in [0, 0.1) is 0 Å². The molecule has 0 spiro atoms. The number of rotatable bonds is 4. The van der Waals surface area contributed by atoms with Gasteiger partial charge < -0.3 is 10.1 Å². The molecule has 1 aromatic rings. The van der Waals surface area contributed by atoms with E-state index in [0.29, 0.717) is 5.69 Å². The number of nitrogens with one attached hydrogen (secondary N) is 1. The third kappa shape index (κ3) is 4.35. The molecule has 16 heavy (non-hydrogen) atoms. The summed E-state index contributed by atoms with van der Waals surface area (Å²) in [5.74, 6) is -0.599. The summed E-state index contributed by atoms with van der Waals surface area (Å²) in [5.41, 5.74) is 0.688. The van der Waals surface area contributed by atoms with Crippen molar-refractivity contribution in [2.45, 2.75) is 17.7 Å². The largest absolute Gasteiger partial charge is 0.469 e. The molecule has 0 aliphatic carbocycles. The van der Waals surface area contributed by atoms with Crippen molar-refractivity contribution >= 4 is 30.2 Å². The molecule has 0 aliphatic heterocycles. The van der Waals surface area contributed by atoms with Crippen LogP contribution in [0.4, 0.5) is 5.69 Å². The topological polar surface area (TPSA) is 55.4 Å². The minimum atomic E-state index is -0.388. The number of thiol groups is 1. The number of carbonyl (C=O) groups excluding carboxylic acids is 2. The molecule has 0 atom stereocenters. The molecule has 0 saturated heterocycles. The molecular weight excluding hydrogens is 226 g/mol. The first-order chi connectivity index (χ1) is 7.61. The van der Waals surface area contributed by atoms with Crippen LogP contribution >= 0.6 is 12.6 Å². The Morgan fingerprint density at radius 3 is 2.44 bits per heavy atom. The van der Waals surface area contributed by atoms with E-state index in [9.17, 15) is 9.59 Å². The predicted octanol–water partition coefficient (Wildman–Crippen LogP) is 1.87. The van der Waals surface area contributed by atoms with E-state index in [1.54, 1.807) is 24.3 Å². The maximum atomic E-state index is 11.4. The van der Waals surface area contributed by atoms with Crippen molar-refractivity contribution in [3.63, 3.8) is 0 Å². The molecule has 0 fully saturated rings. The maximum absolute atomic E-state index is 11.4. The number of ether oxygens (including phenoxy) is 1. The molecule has 5 heteroatoms. The van der Waals surface area contributed by atoms with Gasteiger partial charge in [0.25, 0.3) is 0 Å². The SMILES string of the molecule is COC(=O)CCC(=O)Nc1ccc(S)cc1. The minimum absolute atomic E-state index is 0.0903. The van der Waals surface area contributed by atoms with E-state index in [1.165, 1.54) is 7.11 Å². The molecular formula is C11H13NO3S. The smallest absolute Gasteiger partial charge is 0.306 e. The van der Waals surface area contributed by atoms with Gasteiger partial charge in [-0.05, 0) is 24.3 Å². The van der Waals surface area contributed by atoms with Crippen LogP contribution < -0.4 is 5.32 Å². The van der Waals surface area contributed by atoms with Gasteiger partial charge in [-0.2, -0.15) is 0 Å². The fourth-order valence-corrected chi connectivity index (χ4v) is 1.23. The van der Waals surface area contributed by atoms with Gasteiger partial charge in [-0.25, -0.2) is 0 Å². The zero-order valence-corrected chi connectivity index (χ0v) is 9.79. The highest BCUT2D eigenvalue weighted by Gasteiger charge is 2.06. The predicted molar refractivity (Wildman–Crippen MR) is 63.6 cm³/mol. The average Bonchev–Trinajstić information content (AvgIpc) is 2.29. The number of hydrogen-bond acceptors (Lipinski definition) is 4. The lowest BCUT2D eigenvalue weighted by Gasteiger charge is -2.04. The Morgan fingerprint density at radius 1 is 1.25 bits per heavy atom. The number of anilines is 1. The second kappa shape index (κ2) is 6.17. The first-order valence-electron chi connectivity index (χ1n) is 4.77. The molecule has 1 rings (SSSR count). The molecule has 4 nitrogen and oxygen atoms in total. The van der Waals surface area contributed by atoms with Crippen molar-refractivity contribution < 1.29 is 14.3 Å². The maximum Gasteiger partial charge on any atom is 0.306 e. The molecule has 1 N–H and O–H groups in total. The fraction of sp³-hybridized carbons (Fsp3) is 0.273. The highest BCUT2D eigenvalue weighted by Crippen LogP contribution is 2.12. The first kappa shape index (κ1) is 12.6. The van der Waals surface area contributed by atoms with Crippen molar-refractivity contribution in [2.24, 2.45) is 0 Å². The van der Waals surface area contributed by atoms with E-state index in [0.717, 1.165) is 4.90 Å². The summed E-state index contributed by atoms with van der Waals surface area (Å²) in [4.78, 5) is 23.0. The van der Waals surface area contributed by atoms with E-state index < -0.39 is 0 Å². The van der Waals surface area contributed by atoms with Gasteiger partial charge in [-0.3, -0.25) is 9.59 Å². The summed E-state index contributed by atoms with van der Waals surface area (Å²) < 4.78 is 4.44. The summed E-state index contributed by atoms with van der Waals surface area (Å²) in [7, 11) is 1.30. The van der Waals surface area contributed by atoms with Gasteiger partial charge in [-0.1, -0.05) is 0 Å². The average molecular weight is 239 g/mol. The van der Waals surface area contributed by atoms with Gasteiger partial charge in [0.2, 0.25) is 5.91 Å². The molecule has 1 aromatic carbocycles. The van der Waals surface area contributed by atoms with E-state index >= 15 is 0 Å². The molecule has 1 amide bonds. The van der Waals surface area contributed by atoms with E-state index in [1.807, 2.05) is 0 Å². The van der Waals surface area contributed by atoms with Gasteiger partial charge in [-0.15, -0.1) is 12.6 Å². The normalized spacial score (nSPS) is 9.62. The lowest BCUT2D eigenvalue weighted by Crippen LogP contribution is -2.13. The number of benzene rings is 1. The van der Waals surface area contributed by atoms with E-state index in [2.05, 4.69) is 22.7 Å². The third-order valence-corrected chi connectivity index (χ3v) is 2.23. The van der Waals surface area contributed by atoms with Crippen LogP contribution in [0.1, 0.15) is 12.8 Å². The third-order valence-electron chi connectivity index (χ3n) is 1.93. The Bertz CT molecular complexity index is 375. The van der Waals surface area contributed by atoms with Crippen molar-refractivity contribution in [1.82, 2.24) is 0 Å². The van der Waals surface area contributed by atoms with Gasteiger partial charge in [0.05, 0.1) is 13.5 Å². The number of hydrogen-bond donors (Lipinski definition) is 2. The number of esters is 1. The highest BCUT2D eigenvalue weighted by molar-refractivity contribution is 7.80. The number of amides is 1. The zero-order valence-electron chi connectivity index (χ0n) is 8.90. The van der Waals surface area contributed by atoms with Gasteiger partial charge in [0, 0.05) is 17.0 Å². The zero-order chi connectivity index (χ0) is 12.0.